The number of benzene rings is 1. The molecule has 0 atom stereocenters. The minimum absolute atomic E-state index is 0.669. The molecule has 0 aliphatic carbocycles. The molecule has 0 saturated carbocycles. The van der Waals surface area contributed by atoms with Crippen molar-refractivity contribution in [2.45, 2.75) is 19.9 Å². The largest absolute Gasteiger partial charge is 0.369 e. The summed E-state index contributed by atoms with van der Waals surface area (Å²) in [5, 5.41) is 4.01. The molecule has 1 heterocycles. The Balaban J connectivity index is 2.09. The summed E-state index contributed by atoms with van der Waals surface area (Å²) in [6, 6.07) is 8.53. The van der Waals surface area contributed by atoms with Gasteiger partial charge >= 0.3 is 0 Å². The molecule has 0 spiro atoms. The molecule has 0 bridgehead atoms. The molecule has 0 aliphatic rings. The summed E-state index contributed by atoms with van der Waals surface area (Å²) in [6.45, 7) is 2.83. The highest BCUT2D eigenvalue weighted by Gasteiger charge is 2.09. The minimum atomic E-state index is 0.669. The molecule has 0 saturated heterocycles. The number of aryl methyl sites for hydroxylation is 1. The molecule has 2 aromatic rings. The van der Waals surface area contributed by atoms with Crippen LogP contribution in [0, 0.1) is 0 Å². The lowest BCUT2D eigenvalue weighted by atomic mass is 10.1. The van der Waals surface area contributed by atoms with E-state index in [-0.39, 0.29) is 0 Å². The molecule has 0 N–H and O–H groups in total. The van der Waals surface area contributed by atoms with Gasteiger partial charge in [0.15, 0.2) is 0 Å². The quantitative estimate of drug-likeness (QED) is 0.850. The zero-order valence-corrected chi connectivity index (χ0v) is 11.4. The zero-order chi connectivity index (χ0) is 12.3. The summed E-state index contributed by atoms with van der Waals surface area (Å²) in [7, 11) is 2.02. The van der Waals surface area contributed by atoms with Crippen LogP contribution in [0.15, 0.2) is 24.3 Å². The molecule has 5 heteroatoms. The van der Waals surface area contributed by atoms with E-state index in [0.29, 0.717) is 10.9 Å². The van der Waals surface area contributed by atoms with Crippen LogP contribution in [0.1, 0.15) is 18.2 Å². The lowest BCUT2D eigenvalue weighted by Gasteiger charge is -2.18. The normalized spacial score (nSPS) is 10.5. The first kappa shape index (κ1) is 12.3. The van der Waals surface area contributed by atoms with Crippen molar-refractivity contribution in [1.29, 1.82) is 0 Å². The van der Waals surface area contributed by atoms with Crippen molar-refractivity contribution in [3.05, 3.63) is 39.9 Å². The van der Waals surface area contributed by atoms with Gasteiger partial charge in [-0.15, -0.1) is 5.10 Å². The van der Waals surface area contributed by atoms with E-state index in [1.54, 1.807) is 0 Å². The standard InChI is InChI=1S/C12H14ClN3S/c1-3-9-4-6-10(7-5-9)16(2)8-11-12(13)17-15-14-11/h4-7H,3,8H2,1-2H3. The molecule has 1 aromatic carbocycles. The highest BCUT2D eigenvalue weighted by atomic mass is 35.5. The van der Waals surface area contributed by atoms with Gasteiger partial charge in [-0.05, 0) is 24.1 Å². The molecule has 90 valence electrons. The second-order valence-electron chi connectivity index (χ2n) is 3.87. The Hall–Kier alpha value is -1.13. The number of anilines is 1. The molecule has 3 nitrogen and oxygen atoms in total. The fourth-order valence-corrected chi connectivity index (χ4v) is 2.21. The second kappa shape index (κ2) is 5.47. The van der Waals surface area contributed by atoms with Crippen molar-refractivity contribution in [3.63, 3.8) is 0 Å². The Labute approximate surface area is 110 Å². The summed E-state index contributed by atoms with van der Waals surface area (Å²) < 4.78 is 4.50. The van der Waals surface area contributed by atoms with E-state index < -0.39 is 0 Å². The van der Waals surface area contributed by atoms with Crippen LogP contribution in [0.2, 0.25) is 4.34 Å². The predicted octanol–water partition coefficient (Wildman–Crippen LogP) is 3.39. The lowest BCUT2D eigenvalue weighted by Crippen LogP contribution is -2.16. The fraction of sp³-hybridized carbons (Fsp3) is 0.333. The number of aromatic nitrogens is 2. The number of hydrogen-bond acceptors (Lipinski definition) is 4. The summed E-state index contributed by atoms with van der Waals surface area (Å²) in [5.74, 6) is 0. The molecule has 0 aliphatic heterocycles. The molecule has 2 rings (SSSR count). The Morgan fingerprint density at radius 3 is 2.53 bits per heavy atom. The molecular weight excluding hydrogens is 254 g/mol. The van der Waals surface area contributed by atoms with E-state index in [1.165, 1.54) is 17.1 Å². The molecular formula is C12H14ClN3S. The first-order chi connectivity index (χ1) is 8.20. The van der Waals surface area contributed by atoms with E-state index in [2.05, 4.69) is 45.7 Å². The van der Waals surface area contributed by atoms with Crippen LogP contribution in [-0.2, 0) is 13.0 Å². The van der Waals surface area contributed by atoms with Gasteiger partial charge in [-0.1, -0.05) is 35.1 Å². The number of halogens is 1. The Kier molecular flexibility index (Phi) is 3.97. The van der Waals surface area contributed by atoms with Gasteiger partial charge in [-0.3, -0.25) is 0 Å². The van der Waals surface area contributed by atoms with Crippen molar-refractivity contribution in [2.24, 2.45) is 0 Å². The first-order valence-corrected chi connectivity index (χ1v) is 6.62. The molecule has 0 unspecified atom stereocenters. The smallest absolute Gasteiger partial charge is 0.139 e. The highest BCUT2D eigenvalue weighted by Crippen LogP contribution is 2.21. The molecule has 1 aromatic heterocycles. The second-order valence-corrected chi connectivity index (χ2v) is 5.23. The van der Waals surface area contributed by atoms with Crippen molar-refractivity contribution in [3.8, 4) is 0 Å². The third kappa shape index (κ3) is 2.96. The molecule has 17 heavy (non-hydrogen) atoms. The van der Waals surface area contributed by atoms with Crippen LogP contribution < -0.4 is 4.90 Å². The van der Waals surface area contributed by atoms with E-state index >= 15 is 0 Å². The van der Waals surface area contributed by atoms with Gasteiger partial charge in [-0.2, -0.15) is 0 Å². The van der Waals surface area contributed by atoms with Crippen molar-refractivity contribution in [1.82, 2.24) is 9.59 Å². The average Bonchev–Trinajstić information content (AvgIpc) is 2.75. The maximum Gasteiger partial charge on any atom is 0.139 e. The third-order valence-corrected chi connectivity index (χ3v) is 3.67. The SMILES string of the molecule is CCc1ccc(N(C)Cc2nnsc2Cl)cc1. The van der Waals surface area contributed by atoms with Gasteiger partial charge in [0.1, 0.15) is 10.0 Å². The summed E-state index contributed by atoms with van der Waals surface area (Å²) in [5.41, 5.74) is 3.33. The van der Waals surface area contributed by atoms with E-state index in [0.717, 1.165) is 17.8 Å². The lowest BCUT2D eigenvalue weighted by molar-refractivity contribution is 0.872. The minimum Gasteiger partial charge on any atom is -0.369 e. The van der Waals surface area contributed by atoms with Crippen LogP contribution >= 0.6 is 23.1 Å². The van der Waals surface area contributed by atoms with E-state index in [9.17, 15) is 0 Å². The van der Waals surface area contributed by atoms with E-state index in [1.807, 2.05) is 7.05 Å². The van der Waals surface area contributed by atoms with Gasteiger partial charge in [0.05, 0.1) is 6.54 Å². The summed E-state index contributed by atoms with van der Waals surface area (Å²) in [4.78, 5) is 2.11. The van der Waals surface area contributed by atoms with Crippen LogP contribution in [0.25, 0.3) is 0 Å². The first-order valence-electron chi connectivity index (χ1n) is 5.47. The maximum absolute atomic E-state index is 5.99. The van der Waals surface area contributed by atoms with Gasteiger partial charge in [0.2, 0.25) is 0 Å². The number of nitrogens with zero attached hydrogens (tertiary/aromatic N) is 3. The molecule has 0 fully saturated rings. The van der Waals surface area contributed by atoms with Crippen molar-refractivity contribution < 1.29 is 0 Å². The fourth-order valence-electron chi connectivity index (χ4n) is 1.59. The Morgan fingerprint density at radius 1 is 1.29 bits per heavy atom. The van der Waals surface area contributed by atoms with Gasteiger partial charge in [-0.25, -0.2) is 0 Å². The topological polar surface area (TPSA) is 29.0 Å². The zero-order valence-electron chi connectivity index (χ0n) is 9.85. The molecule has 0 radical (unpaired) electrons. The highest BCUT2D eigenvalue weighted by molar-refractivity contribution is 7.10. The summed E-state index contributed by atoms with van der Waals surface area (Å²) in [6.07, 6.45) is 1.06. The third-order valence-electron chi connectivity index (χ3n) is 2.68. The van der Waals surface area contributed by atoms with Crippen LogP contribution in [0.4, 0.5) is 5.69 Å². The Bertz CT molecular complexity index is 481. The van der Waals surface area contributed by atoms with Gasteiger partial charge in [0, 0.05) is 24.3 Å². The predicted molar refractivity (Wildman–Crippen MR) is 72.8 cm³/mol. The van der Waals surface area contributed by atoms with E-state index in [4.69, 9.17) is 11.6 Å². The van der Waals surface area contributed by atoms with Gasteiger partial charge in [0.25, 0.3) is 0 Å². The van der Waals surface area contributed by atoms with Crippen LogP contribution in [-0.4, -0.2) is 16.6 Å². The summed E-state index contributed by atoms with van der Waals surface area (Å²) >= 11 is 7.21. The maximum atomic E-state index is 5.99. The van der Waals surface area contributed by atoms with Crippen LogP contribution in [0.3, 0.4) is 0 Å². The van der Waals surface area contributed by atoms with Crippen molar-refractivity contribution >= 4 is 28.8 Å². The Morgan fingerprint density at radius 2 is 2.00 bits per heavy atom. The average molecular weight is 268 g/mol. The number of rotatable bonds is 4. The van der Waals surface area contributed by atoms with Gasteiger partial charge < -0.3 is 4.90 Å². The van der Waals surface area contributed by atoms with Crippen LogP contribution in [0.5, 0.6) is 0 Å². The number of hydrogen-bond donors (Lipinski definition) is 0. The molecule has 0 amide bonds. The monoisotopic (exact) mass is 267 g/mol. The van der Waals surface area contributed by atoms with Crippen molar-refractivity contribution in [2.75, 3.05) is 11.9 Å².